The molecule has 0 N–H and O–H groups in total. The molecule has 0 spiro atoms. The molecule has 0 radical (unpaired) electrons. The molecule has 142 valence electrons. The van der Waals surface area contributed by atoms with Crippen molar-refractivity contribution in [1.82, 2.24) is 0 Å². The molecule has 0 unspecified atom stereocenters. The van der Waals surface area contributed by atoms with Crippen LogP contribution in [0.3, 0.4) is 0 Å². The SMILES string of the molecule is CC1(C)O[C@@H](CCO[Si](C)(C)C(C)(C)C)[C@H](Cc2ccccc2Cl)O1. The quantitative estimate of drug-likeness (QED) is 0.579. The summed E-state index contributed by atoms with van der Waals surface area (Å²) in [6, 6.07) is 7.94. The summed E-state index contributed by atoms with van der Waals surface area (Å²) in [5.74, 6) is -0.562. The highest BCUT2D eigenvalue weighted by Gasteiger charge is 2.42. The molecule has 0 aliphatic carbocycles. The topological polar surface area (TPSA) is 27.7 Å². The molecular formula is C20H33ClO3Si. The third-order valence-corrected chi connectivity index (χ3v) is 10.2. The van der Waals surface area contributed by atoms with Crippen LogP contribution >= 0.6 is 11.6 Å². The van der Waals surface area contributed by atoms with Gasteiger partial charge < -0.3 is 13.9 Å². The number of rotatable bonds is 6. The van der Waals surface area contributed by atoms with Crippen molar-refractivity contribution in [2.75, 3.05) is 6.61 Å². The highest BCUT2D eigenvalue weighted by molar-refractivity contribution is 6.74. The molecule has 0 saturated carbocycles. The first-order chi connectivity index (χ1) is 11.4. The van der Waals surface area contributed by atoms with Crippen LogP contribution in [0, 0.1) is 0 Å². The summed E-state index contributed by atoms with van der Waals surface area (Å²) in [6.45, 7) is 16.0. The van der Waals surface area contributed by atoms with Crippen LogP contribution < -0.4 is 0 Å². The standard InChI is InChI=1S/C20H33ClO3Si/c1-19(2,3)25(6,7)22-13-12-17-18(24-20(4,5)23-17)14-15-10-8-9-11-16(15)21/h8-11,17-18H,12-14H2,1-7H3/t17-,18-/m0/s1. The maximum atomic E-state index is 6.32. The maximum absolute atomic E-state index is 6.32. The van der Waals surface area contributed by atoms with Crippen molar-refractivity contribution >= 4 is 19.9 Å². The van der Waals surface area contributed by atoms with E-state index in [9.17, 15) is 0 Å². The highest BCUT2D eigenvalue weighted by Crippen LogP contribution is 2.37. The van der Waals surface area contributed by atoms with E-state index in [2.05, 4.69) is 39.9 Å². The lowest BCUT2D eigenvalue weighted by molar-refractivity contribution is -0.147. The third kappa shape index (κ3) is 5.54. The normalized spacial score (nSPS) is 23.8. The first kappa shape index (κ1) is 20.9. The molecule has 1 aromatic carbocycles. The van der Waals surface area contributed by atoms with E-state index in [4.69, 9.17) is 25.5 Å². The van der Waals surface area contributed by atoms with Crippen LogP contribution in [0.15, 0.2) is 24.3 Å². The van der Waals surface area contributed by atoms with Crippen LogP contribution in [0.5, 0.6) is 0 Å². The van der Waals surface area contributed by atoms with Crippen LogP contribution in [0.4, 0.5) is 0 Å². The second kappa shape index (κ2) is 7.69. The van der Waals surface area contributed by atoms with Gasteiger partial charge in [-0.1, -0.05) is 50.6 Å². The van der Waals surface area contributed by atoms with Crippen LogP contribution in [0.2, 0.25) is 23.2 Å². The molecule has 1 aliphatic heterocycles. The summed E-state index contributed by atoms with van der Waals surface area (Å²) in [5, 5.41) is 1.00. The minimum atomic E-state index is -1.74. The van der Waals surface area contributed by atoms with E-state index in [-0.39, 0.29) is 17.2 Å². The molecule has 3 nitrogen and oxygen atoms in total. The lowest BCUT2D eigenvalue weighted by Gasteiger charge is -2.36. The zero-order valence-electron chi connectivity index (χ0n) is 16.7. The van der Waals surface area contributed by atoms with E-state index in [1.807, 2.05) is 32.0 Å². The molecule has 1 heterocycles. The molecular weight excluding hydrogens is 352 g/mol. The van der Waals surface area contributed by atoms with Crippen molar-refractivity contribution in [3.63, 3.8) is 0 Å². The average molecular weight is 385 g/mol. The lowest BCUT2D eigenvalue weighted by Crippen LogP contribution is -2.41. The second-order valence-electron chi connectivity index (χ2n) is 8.91. The Morgan fingerprint density at radius 2 is 1.72 bits per heavy atom. The van der Waals surface area contributed by atoms with Gasteiger partial charge in [-0.15, -0.1) is 0 Å². The largest absolute Gasteiger partial charge is 0.417 e. The van der Waals surface area contributed by atoms with Gasteiger partial charge in [0.2, 0.25) is 0 Å². The Bertz CT molecular complexity index is 581. The first-order valence-electron chi connectivity index (χ1n) is 9.14. The molecule has 1 fully saturated rings. The Morgan fingerprint density at radius 3 is 2.32 bits per heavy atom. The fraction of sp³-hybridized carbons (Fsp3) is 0.700. The second-order valence-corrected chi connectivity index (χ2v) is 14.1. The highest BCUT2D eigenvalue weighted by atomic mass is 35.5. The third-order valence-electron chi connectivity index (χ3n) is 5.34. The van der Waals surface area contributed by atoms with Crippen molar-refractivity contribution in [2.45, 2.75) is 83.6 Å². The minimum absolute atomic E-state index is 0.00193. The molecule has 25 heavy (non-hydrogen) atoms. The van der Waals surface area contributed by atoms with E-state index in [0.717, 1.165) is 23.4 Å². The predicted octanol–water partition coefficient (Wildman–Crippen LogP) is 5.81. The molecule has 1 aliphatic rings. The van der Waals surface area contributed by atoms with Crippen molar-refractivity contribution in [2.24, 2.45) is 0 Å². The Kier molecular flexibility index (Phi) is 6.43. The summed E-state index contributed by atoms with van der Waals surface area (Å²) in [5.41, 5.74) is 1.10. The fourth-order valence-electron chi connectivity index (χ4n) is 2.85. The van der Waals surface area contributed by atoms with Gasteiger partial charge in [0.25, 0.3) is 0 Å². The summed E-state index contributed by atoms with van der Waals surface area (Å²) < 4.78 is 18.6. The zero-order chi connectivity index (χ0) is 18.9. The van der Waals surface area contributed by atoms with Gasteiger partial charge in [-0.3, -0.25) is 0 Å². The van der Waals surface area contributed by atoms with E-state index in [1.54, 1.807) is 0 Å². The average Bonchev–Trinajstić information content (AvgIpc) is 2.74. The number of hydrogen-bond acceptors (Lipinski definition) is 3. The Morgan fingerprint density at radius 1 is 1.12 bits per heavy atom. The van der Waals surface area contributed by atoms with Crippen molar-refractivity contribution in [1.29, 1.82) is 0 Å². The van der Waals surface area contributed by atoms with Crippen LogP contribution in [0.1, 0.15) is 46.6 Å². The zero-order valence-corrected chi connectivity index (χ0v) is 18.4. The molecule has 2 atom stereocenters. The number of halogens is 1. The summed E-state index contributed by atoms with van der Waals surface area (Å²) in [4.78, 5) is 0. The predicted molar refractivity (Wildman–Crippen MR) is 107 cm³/mol. The summed E-state index contributed by atoms with van der Waals surface area (Å²) >= 11 is 6.32. The lowest BCUT2D eigenvalue weighted by atomic mass is 10.0. The number of ether oxygens (including phenoxy) is 2. The monoisotopic (exact) mass is 384 g/mol. The van der Waals surface area contributed by atoms with Gasteiger partial charge in [0.15, 0.2) is 14.1 Å². The number of hydrogen-bond donors (Lipinski definition) is 0. The Labute approximate surface area is 159 Å². The molecule has 1 saturated heterocycles. The summed E-state index contributed by atoms with van der Waals surface area (Å²) in [6.07, 6.45) is 1.62. The Balaban J connectivity index is 1.99. The van der Waals surface area contributed by atoms with Crippen LogP contribution in [-0.2, 0) is 20.3 Å². The van der Waals surface area contributed by atoms with Crippen LogP contribution in [-0.4, -0.2) is 32.9 Å². The van der Waals surface area contributed by atoms with Gasteiger partial charge in [0.1, 0.15) is 0 Å². The summed E-state index contributed by atoms with van der Waals surface area (Å²) in [7, 11) is -1.74. The van der Waals surface area contributed by atoms with Crippen LogP contribution in [0.25, 0.3) is 0 Å². The fourth-order valence-corrected chi connectivity index (χ4v) is 4.13. The number of benzene rings is 1. The molecule has 5 heteroatoms. The Hall–Kier alpha value is -0.393. The van der Waals surface area contributed by atoms with Gasteiger partial charge in [0, 0.05) is 18.1 Å². The van der Waals surface area contributed by atoms with E-state index in [1.165, 1.54) is 0 Å². The molecule has 2 rings (SSSR count). The van der Waals surface area contributed by atoms with E-state index in [0.29, 0.717) is 6.61 Å². The van der Waals surface area contributed by atoms with Gasteiger partial charge in [-0.25, -0.2) is 0 Å². The minimum Gasteiger partial charge on any atom is -0.417 e. The van der Waals surface area contributed by atoms with Crippen molar-refractivity contribution < 1.29 is 13.9 Å². The van der Waals surface area contributed by atoms with Gasteiger partial charge in [0.05, 0.1) is 12.2 Å². The maximum Gasteiger partial charge on any atom is 0.191 e. The van der Waals surface area contributed by atoms with E-state index >= 15 is 0 Å². The van der Waals surface area contributed by atoms with Gasteiger partial charge >= 0.3 is 0 Å². The molecule has 1 aromatic rings. The molecule has 0 amide bonds. The molecule has 0 aromatic heterocycles. The van der Waals surface area contributed by atoms with Crippen molar-refractivity contribution in [3.8, 4) is 0 Å². The van der Waals surface area contributed by atoms with Crippen molar-refractivity contribution in [3.05, 3.63) is 34.9 Å². The first-order valence-corrected chi connectivity index (χ1v) is 12.4. The van der Waals surface area contributed by atoms with E-state index < -0.39 is 14.1 Å². The smallest absolute Gasteiger partial charge is 0.191 e. The van der Waals surface area contributed by atoms with Gasteiger partial charge in [-0.2, -0.15) is 0 Å². The molecule has 0 bridgehead atoms. The van der Waals surface area contributed by atoms with Gasteiger partial charge in [-0.05, 0) is 50.0 Å².